The number of anilines is 1. The highest BCUT2D eigenvalue weighted by molar-refractivity contribution is 7.17. The van der Waals surface area contributed by atoms with Crippen molar-refractivity contribution in [2.45, 2.75) is 38.6 Å². The van der Waals surface area contributed by atoms with Gasteiger partial charge in [-0.2, -0.15) is 0 Å². The number of nitrogens with one attached hydrogen (secondary N) is 1. The maximum atomic E-state index is 13.5. The second-order valence-electron chi connectivity index (χ2n) is 8.49. The van der Waals surface area contributed by atoms with Gasteiger partial charge >= 0.3 is 0 Å². The van der Waals surface area contributed by atoms with E-state index >= 15 is 0 Å². The van der Waals surface area contributed by atoms with Crippen LogP contribution in [0.1, 0.15) is 36.9 Å². The lowest BCUT2D eigenvalue weighted by molar-refractivity contribution is -0.118. The van der Waals surface area contributed by atoms with Gasteiger partial charge in [0.25, 0.3) is 5.56 Å². The Morgan fingerprint density at radius 2 is 1.97 bits per heavy atom. The van der Waals surface area contributed by atoms with Gasteiger partial charge in [-0.1, -0.05) is 29.8 Å². The molecule has 34 heavy (non-hydrogen) atoms. The van der Waals surface area contributed by atoms with Crippen LogP contribution < -0.4 is 15.6 Å². The van der Waals surface area contributed by atoms with E-state index in [1.165, 1.54) is 53.3 Å². The molecule has 0 saturated carbocycles. The quantitative estimate of drug-likeness (QED) is 0.377. The Labute approximate surface area is 206 Å². The van der Waals surface area contributed by atoms with Gasteiger partial charge in [-0.15, -0.1) is 11.3 Å². The van der Waals surface area contributed by atoms with Crippen LogP contribution in [-0.2, 0) is 17.6 Å². The van der Waals surface area contributed by atoms with Gasteiger partial charge in [0.1, 0.15) is 16.6 Å². The molecule has 1 aliphatic carbocycles. The first-order chi connectivity index (χ1) is 16.5. The summed E-state index contributed by atoms with van der Waals surface area (Å²) in [6, 6.07) is 10.7. The van der Waals surface area contributed by atoms with E-state index in [9.17, 15) is 9.59 Å². The molecule has 1 unspecified atom stereocenters. The number of aromatic nitrogens is 2. The van der Waals surface area contributed by atoms with Crippen LogP contribution in [0.25, 0.3) is 21.3 Å². The number of hydrogen-bond acceptors (Lipinski definition) is 5. The number of amides is 1. The minimum absolute atomic E-state index is 0.227. The molecule has 0 saturated heterocycles. The largest absolute Gasteiger partial charge is 0.495 e. The van der Waals surface area contributed by atoms with Crippen molar-refractivity contribution in [1.82, 2.24) is 9.55 Å². The summed E-state index contributed by atoms with van der Waals surface area (Å²) in [6.45, 7) is 1.68. The number of halogens is 1. The van der Waals surface area contributed by atoms with Crippen molar-refractivity contribution in [3.63, 3.8) is 0 Å². The molecule has 8 heteroatoms. The fraction of sp³-hybridized carbons (Fsp3) is 0.269. The molecule has 2 aromatic carbocycles. The molecule has 1 atom stereocenters. The summed E-state index contributed by atoms with van der Waals surface area (Å²) in [6.07, 6.45) is 6.05. The number of ether oxygens (including phenoxy) is 1. The normalized spacial score (nSPS) is 14.0. The second-order valence-corrected chi connectivity index (χ2v) is 9.76. The van der Waals surface area contributed by atoms with E-state index in [-0.39, 0.29) is 11.5 Å². The molecule has 174 valence electrons. The van der Waals surface area contributed by atoms with E-state index < -0.39 is 6.04 Å². The molecule has 1 aliphatic rings. The van der Waals surface area contributed by atoms with Gasteiger partial charge in [-0.25, -0.2) is 4.98 Å². The number of carbonyl (C=O) groups is 1. The van der Waals surface area contributed by atoms with Gasteiger partial charge in [0, 0.05) is 16.6 Å². The van der Waals surface area contributed by atoms with Crippen molar-refractivity contribution in [2.75, 3.05) is 12.4 Å². The average Bonchev–Trinajstić information content (AvgIpc) is 3.29. The lowest BCUT2D eigenvalue weighted by atomic mass is 9.89. The molecule has 4 aromatic rings. The molecule has 0 spiro atoms. The highest BCUT2D eigenvalue weighted by Gasteiger charge is 2.21. The minimum atomic E-state index is -0.762. The molecule has 1 N–H and O–H groups in total. The SMILES string of the molecule is COc1ccc(NC(=O)C(C)n2cnc3scc(-c4ccc5c(c4)CCCC5)c3c2=O)cc1Cl. The van der Waals surface area contributed by atoms with Crippen molar-refractivity contribution in [2.24, 2.45) is 0 Å². The molecule has 0 bridgehead atoms. The van der Waals surface area contributed by atoms with Crippen LogP contribution in [-0.4, -0.2) is 22.6 Å². The third kappa shape index (κ3) is 4.10. The smallest absolute Gasteiger partial charge is 0.263 e. The first-order valence-corrected chi connectivity index (χ1v) is 12.5. The number of methoxy groups -OCH3 is 1. The molecule has 2 aromatic heterocycles. The Bertz CT molecular complexity index is 1460. The maximum absolute atomic E-state index is 13.5. The molecular weight excluding hydrogens is 470 g/mol. The Balaban J connectivity index is 1.47. The standard InChI is InChI=1S/C26H24ClN3O3S/c1-15(24(31)29-19-9-10-22(33-2)21(27)12-19)30-14-28-25-23(26(30)32)20(13-34-25)18-8-7-16-5-3-4-6-17(16)11-18/h7-15H,3-6H2,1-2H3,(H,29,31). The van der Waals surface area contributed by atoms with Gasteiger partial charge < -0.3 is 10.1 Å². The van der Waals surface area contributed by atoms with Gasteiger partial charge in [0.15, 0.2) is 0 Å². The highest BCUT2D eigenvalue weighted by Crippen LogP contribution is 2.34. The van der Waals surface area contributed by atoms with Crippen LogP contribution in [0, 0.1) is 0 Å². The number of thiophene rings is 1. The predicted octanol–water partition coefficient (Wildman–Crippen LogP) is 5.87. The lowest BCUT2D eigenvalue weighted by Gasteiger charge is -2.17. The summed E-state index contributed by atoms with van der Waals surface area (Å²) in [5.41, 5.74) is 4.94. The summed E-state index contributed by atoms with van der Waals surface area (Å²) in [4.78, 5) is 31.6. The van der Waals surface area contributed by atoms with Crippen LogP contribution in [0.15, 0.2) is 52.9 Å². The van der Waals surface area contributed by atoms with Crippen LogP contribution in [0.2, 0.25) is 5.02 Å². The third-order valence-corrected chi connectivity index (χ3v) is 7.58. The Kier molecular flexibility index (Phi) is 6.15. The average molecular weight is 494 g/mol. The third-order valence-electron chi connectivity index (χ3n) is 6.39. The zero-order chi connectivity index (χ0) is 23.8. The first-order valence-electron chi connectivity index (χ1n) is 11.2. The van der Waals surface area contributed by atoms with Crippen molar-refractivity contribution >= 4 is 44.7 Å². The van der Waals surface area contributed by atoms with E-state index in [1.807, 2.05) is 5.38 Å². The van der Waals surface area contributed by atoms with E-state index in [2.05, 4.69) is 28.5 Å². The fourth-order valence-electron chi connectivity index (χ4n) is 4.45. The second kappa shape index (κ2) is 9.24. The number of nitrogens with zero attached hydrogens (tertiary/aromatic N) is 2. The molecule has 5 rings (SSSR count). The van der Waals surface area contributed by atoms with Crippen molar-refractivity contribution < 1.29 is 9.53 Å². The molecule has 6 nitrogen and oxygen atoms in total. The Morgan fingerprint density at radius 3 is 2.74 bits per heavy atom. The van der Waals surface area contributed by atoms with Crippen molar-refractivity contribution in [3.8, 4) is 16.9 Å². The topological polar surface area (TPSA) is 73.2 Å². The summed E-state index contributed by atoms with van der Waals surface area (Å²) >= 11 is 7.61. The first kappa shape index (κ1) is 22.6. The molecule has 0 aliphatic heterocycles. The highest BCUT2D eigenvalue weighted by atomic mass is 35.5. The summed E-state index contributed by atoms with van der Waals surface area (Å²) in [5.74, 6) is 0.181. The zero-order valence-electron chi connectivity index (χ0n) is 18.9. The number of fused-ring (bicyclic) bond motifs is 2. The number of benzene rings is 2. The minimum Gasteiger partial charge on any atom is -0.495 e. The van der Waals surface area contributed by atoms with Crippen molar-refractivity contribution in [1.29, 1.82) is 0 Å². The summed E-state index contributed by atoms with van der Waals surface area (Å²) < 4.78 is 6.54. The van der Waals surface area contributed by atoms with Crippen LogP contribution >= 0.6 is 22.9 Å². The van der Waals surface area contributed by atoms with Gasteiger partial charge in [-0.05, 0) is 67.5 Å². The molecular formula is C26H24ClN3O3S. The number of rotatable bonds is 5. The maximum Gasteiger partial charge on any atom is 0.263 e. The molecule has 0 fully saturated rings. The van der Waals surface area contributed by atoms with Crippen molar-refractivity contribution in [3.05, 3.63) is 74.6 Å². The number of aryl methyl sites for hydroxylation is 2. The molecule has 2 heterocycles. The van der Waals surface area contributed by atoms with Crippen LogP contribution in [0.5, 0.6) is 5.75 Å². The molecule has 1 amide bonds. The van der Waals surface area contributed by atoms with Crippen LogP contribution in [0.3, 0.4) is 0 Å². The summed E-state index contributed by atoms with van der Waals surface area (Å²) in [7, 11) is 1.53. The van der Waals surface area contributed by atoms with E-state index in [0.717, 1.165) is 24.0 Å². The van der Waals surface area contributed by atoms with E-state index in [1.54, 1.807) is 25.1 Å². The van der Waals surface area contributed by atoms with Gasteiger partial charge in [-0.3, -0.25) is 14.2 Å². The molecule has 0 radical (unpaired) electrons. The monoisotopic (exact) mass is 493 g/mol. The van der Waals surface area contributed by atoms with E-state index in [0.29, 0.717) is 26.7 Å². The number of carbonyl (C=O) groups excluding carboxylic acids is 1. The van der Waals surface area contributed by atoms with E-state index in [4.69, 9.17) is 16.3 Å². The van der Waals surface area contributed by atoms with Gasteiger partial charge in [0.05, 0.1) is 23.8 Å². The Morgan fingerprint density at radius 1 is 1.18 bits per heavy atom. The lowest BCUT2D eigenvalue weighted by Crippen LogP contribution is -2.31. The predicted molar refractivity (Wildman–Crippen MR) is 137 cm³/mol. The zero-order valence-corrected chi connectivity index (χ0v) is 20.5. The summed E-state index contributed by atoms with van der Waals surface area (Å²) in [5, 5.41) is 5.74. The number of hydrogen-bond donors (Lipinski definition) is 1. The Hall–Kier alpha value is -3.16. The van der Waals surface area contributed by atoms with Gasteiger partial charge in [0.2, 0.25) is 5.91 Å². The fourth-order valence-corrected chi connectivity index (χ4v) is 5.62. The van der Waals surface area contributed by atoms with Crippen LogP contribution in [0.4, 0.5) is 5.69 Å².